The van der Waals surface area contributed by atoms with Gasteiger partial charge in [-0.1, -0.05) is 0 Å². The van der Waals surface area contributed by atoms with Gasteiger partial charge in [-0.05, 0) is 31.4 Å². The van der Waals surface area contributed by atoms with E-state index in [1.807, 2.05) is 23.1 Å². The number of nitrogens with zero attached hydrogens (tertiary/aromatic N) is 5. The number of aliphatic carboxylic acids is 1. The SMILES string of the molecule is COc1cc(N2CCCC3(CCN(c4cccnc4)C3=O)C2)ncn1.O=C(O)C(F)(F)F. The lowest BCUT2D eigenvalue weighted by Gasteiger charge is -2.39. The van der Waals surface area contributed by atoms with E-state index in [2.05, 4.69) is 19.9 Å². The minimum Gasteiger partial charge on any atom is -0.481 e. The van der Waals surface area contributed by atoms with Crippen molar-refractivity contribution in [1.82, 2.24) is 15.0 Å². The molecule has 1 unspecified atom stereocenters. The number of anilines is 2. The average Bonchev–Trinajstić information content (AvgIpc) is 3.09. The number of pyridine rings is 1. The second-order valence-corrected chi connectivity index (χ2v) is 7.44. The second-order valence-electron chi connectivity index (χ2n) is 7.44. The number of hydrogen-bond acceptors (Lipinski definition) is 7. The smallest absolute Gasteiger partial charge is 0.481 e. The minimum atomic E-state index is -5.08. The second kappa shape index (κ2) is 9.37. The lowest BCUT2D eigenvalue weighted by Crippen LogP contribution is -2.48. The third-order valence-electron chi connectivity index (χ3n) is 5.45. The van der Waals surface area contributed by atoms with Crippen LogP contribution in [0.4, 0.5) is 24.7 Å². The minimum absolute atomic E-state index is 0.200. The summed E-state index contributed by atoms with van der Waals surface area (Å²) >= 11 is 0. The number of carbonyl (C=O) groups excluding carboxylic acids is 1. The zero-order valence-electron chi connectivity index (χ0n) is 17.2. The fourth-order valence-corrected chi connectivity index (χ4v) is 3.90. The van der Waals surface area contributed by atoms with Crippen molar-refractivity contribution in [1.29, 1.82) is 0 Å². The molecule has 4 rings (SSSR count). The van der Waals surface area contributed by atoms with Gasteiger partial charge < -0.3 is 19.6 Å². The molecule has 1 atom stereocenters. The molecule has 12 heteroatoms. The molecule has 1 N–H and O–H groups in total. The van der Waals surface area contributed by atoms with Crippen LogP contribution in [0.5, 0.6) is 5.88 Å². The molecule has 0 saturated carbocycles. The van der Waals surface area contributed by atoms with E-state index in [1.165, 1.54) is 6.33 Å². The predicted molar refractivity (Wildman–Crippen MR) is 107 cm³/mol. The molecule has 2 aromatic heterocycles. The number of hydrogen-bond donors (Lipinski definition) is 1. The molecule has 0 bridgehead atoms. The van der Waals surface area contributed by atoms with E-state index >= 15 is 0 Å². The van der Waals surface area contributed by atoms with Gasteiger partial charge in [0.2, 0.25) is 11.8 Å². The number of aromatic nitrogens is 3. The first kappa shape index (κ1) is 23.2. The Hall–Kier alpha value is -3.44. The van der Waals surface area contributed by atoms with Crippen molar-refractivity contribution in [3.8, 4) is 5.88 Å². The highest BCUT2D eigenvalue weighted by atomic mass is 19.4. The van der Waals surface area contributed by atoms with E-state index in [9.17, 15) is 18.0 Å². The van der Waals surface area contributed by atoms with Gasteiger partial charge in [-0.15, -0.1) is 0 Å². The number of methoxy groups -OCH3 is 1. The molecule has 0 radical (unpaired) electrons. The molecular weight excluding hydrogens is 431 g/mol. The number of carboxylic acids is 1. The molecule has 2 saturated heterocycles. The largest absolute Gasteiger partial charge is 0.490 e. The number of ether oxygens (including phenoxy) is 1. The summed E-state index contributed by atoms with van der Waals surface area (Å²) in [6.45, 7) is 2.32. The molecule has 0 aromatic carbocycles. The molecule has 9 nitrogen and oxygen atoms in total. The van der Waals surface area contributed by atoms with Crippen molar-refractivity contribution in [2.75, 3.05) is 36.5 Å². The van der Waals surface area contributed by atoms with Gasteiger partial charge in [0.1, 0.15) is 12.1 Å². The van der Waals surface area contributed by atoms with Crippen LogP contribution in [0.1, 0.15) is 19.3 Å². The number of amides is 1. The maximum atomic E-state index is 13.2. The normalized spacial score (nSPS) is 20.7. The number of alkyl halides is 3. The van der Waals surface area contributed by atoms with Gasteiger partial charge in [0.25, 0.3) is 0 Å². The molecule has 1 amide bonds. The number of piperidine rings is 1. The summed E-state index contributed by atoms with van der Waals surface area (Å²) < 4.78 is 36.9. The first-order valence-corrected chi connectivity index (χ1v) is 9.79. The standard InChI is InChI=1S/C18H21N5O2.C2HF3O2/c1-25-16-10-15(20-13-21-16)22-8-3-5-18(12-22)6-9-23(17(18)24)14-4-2-7-19-11-14;3-2(4,5)1(6)7/h2,4,7,10-11,13H,3,5-6,8-9,12H2,1H3;(H,6,7). The Kier molecular flexibility index (Phi) is 6.80. The van der Waals surface area contributed by atoms with Gasteiger partial charge in [-0.25, -0.2) is 14.8 Å². The first-order chi connectivity index (χ1) is 15.2. The topological polar surface area (TPSA) is 109 Å². The molecular formula is C20H22F3N5O4. The van der Waals surface area contributed by atoms with Crippen molar-refractivity contribution >= 4 is 23.4 Å². The van der Waals surface area contributed by atoms with Gasteiger partial charge in [0, 0.05) is 31.9 Å². The van der Waals surface area contributed by atoms with Crippen LogP contribution in [0.25, 0.3) is 0 Å². The predicted octanol–water partition coefficient (Wildman–Crippen LogP) is 2.54. The number of halogens is 3. The monoisotopic (exact) mass is 453 g/mol. The fraction of sp³-hybridized carbons (Fsp3) is 0.450. The van der Waals surface area contributed by atoms with Gasteiger partial charge in [-0.2, -0.15) is 13.2 Å². The summed E-state index contributed by atoms with van der Waals surface area (Å²) in [4.78, 5) is 38.7. The van der Waals surface area contributed by atoms with Gasteiger partial charge in [-0.3, -0.25) is 9.78 Å². The molecule has 1 spiro atoms. The van der Waals surface area contributed by atoms with E-state index in [0.29, 0.717) is 12.4 Å². The van der Waals surface area contributed by atoms with E-state index in [-0.39, 0.29) is 11.3 Å². The third kappa shape index (κ3) is 5.06. The van der Waals surface area contributed by atoms with Gasteiger partial charge in [0.15, 0.2) is 0 Å². The van der Waals surface area contributed by atoms with E-state index < -0.39 is 12.1 Å². The average molecular weight is 453 g/mol. The molecule has 4 heterocycles. The highest BCUT2D eigenvalue weighted by Crippen LogP contribution is 2.42. The molecule has 2 aromatic rings. The molecule has 172 valence electrons. The zero-order valence-corrected chi connectivity index (χ0v) is 17.2. The van der Waals surface area contributed by atoms with Crippen molar-refractivity contribution in [2.24, 2.45) is 5.41 Å². The van der Waals surface area contributed by atoms with Crippen LogP contribution in [0.15, 0.2) is 36.9 Å². The molecule has 32 heavy (non-hydrogen) atoms. The third-order valence-corrected chi connectivity index (χ3v) is 5.45. The van der Waals surface area contributed by atoms with Crippen LogP contribution in [0.3, 0.4) is 0 Å². The van der Waals surface area contributed by atoms with Crippen molar-refractivity contribution in [2.45, 2.75) is 25.4 Å². The van der Waals surface area contributed by atoms with Crippen molar-refractivity contribution in [3.05, 3.63) is 36.9 Å². The Morgan fingerprint density at radius 3 is 2.62 bits per heavy atom. The summed E-state index contributed by atoms with van der Waals surface area (Å²) in [6, 6.07) is 5.64. The van der Waals surface area contributed by atoms with Crippen molar-refractivity contribution in [3.63, 3.8) is 0 Å². The van der Waals surface area contributed by atoms with Crippen LogP contribution in [0, 0.1) is 5.41 Å². The van der Waals surface area contributed by atoms with Gasteiger partial charge in [0.05, 0.1) is 24.4 Å². The Labute approximate surface area is 181 Å². The maximum Gasteiger partial charge on any atom is 0.490 e. The summed E-state index contributed by atoms with van der Waals surface area (Å²) in [5.41, 5.74) is 0.539. The van der Waals surface area contributed by atoms with Crippen LogP contribution in [0.2, 0.25) is 0 Å². The maximum absolute atomic E-state index is 13.2. The molecule has 2 aliphatic rings. The number of rotatable bonds is 3. The van der Waals surface area contributed by atoms with Crippen LogP contribution >= 0.6 is 0 Å². The lowest BCUT2D eigenvalue weighted by atomic mass is 9.78. The fourth-order valence-electron chi connectivity index (χ4n) is 3.90. The van der Waals surface area contributed by atoms with Crippen LogP contribution < -0.4 is 14.5 Å². The number of carboxylic acid groups (broad SMARTS) is 1. The Morgan fingerprint density at radius 2 is 2.00 bits per heavy atom. The Morgan fingerprint density at radius 1 is 1.25 bits per heavy atom. The van der Waals surface area contributed by atoms with E-state index in [0.717, 1.165) is 43.9 Å². The molecule has 0 aliphatic carbocycles. The van der Waals surface area contributed by atoms with Crippen LogP contribution in [-0.2, 0) is 9.59 Å². The first-order valence-electron chi connectivity index (χ1n) is 9.79. The summed E-state index contributed by atoms with van der Waals surface area (Å²) in [6.07, 6.45) is 2.66. The van der Waals surface area contributed by atoms with Gasteiger partial charge >= 0.3 is 12.1 Å². The zero-order chi connectivity index (χ0) is 23.4. The highest BCUT2D eigenvalue weighted by molar-refractivity contribution is 6.00. The molecule has 2 aliphatic heterocycles. The van der Waals surface area contributed by atoms with Crippen LogP contribution in [-0.4, -0.2) is 64.9 Å². The number of carbonyl (C=O) groups is 2. The quantitative estimate of drug-likeness (QED) is 0.755. The summed E-state index contributed by atoms with van der Waals surface area (Å²) in [7, 11) is 1.59. The van der Waals surface area contributed by atoms with E-state index in [1.54, 1.807) is 19.5 Å². The van der Waals surface area contributed by atoms with E-state index in [4.69, 9.17) is 14.6 Å². The Balaban J connectivity index is 0.000000360. The Bertz CT molecular complexity index is 960. The summed E-state index contributed by atoms with van der Waals surface area (Å²) in [5.74, 6) is -1.20. The highest BCUT2D eigenvalue weighted by Gasteiger charge is 2.49. The van der Waals surface area contributed by atoms with Crippen molar-refractivity contribution < 1.29 is 32.6 Å². The summed E-state index contributed by atoms with van der Waals surface area (Å²) in [5, 5.41) is 7.12. The molecule has 2 fully saturated rings. The lowest BCUT2D eigenvalue weighted by molar-refractivity contribution is -0.192.